The quantitative estimate of drug-likeness (QED) is 0.0538. The van der Waals surface area contributed by atoms with Crippen LogP contribution in [-0.4, -0.2) is 107 Å². The molecule has 368 valence electrons. The number of aromatic nitrogens is 1. The van der Waals surface area contributed by atoms with Crippen molar-refractivity contribution in [2.75, 3.05) is 49.4 Å². The minimum atomic E-state index is -4.80. The average molecular weight is 992 g/mol. The van der Waals surface area contributed by atoms with Crippen LogP contribution in [0.15, 0.2) is 72.2 Å². The number of nitriles is 1. The zero-order chi connectivity index (χ0) is 49.9. The van der Waals surface area contributed by atoms with Crippen LogP contribution in [0.4, 0.5) is 24.5 Å². The number of hydrogen-bond acceptors (Lipinski definition) is 12. The minimum absolute atomic E-state index is 0.00563. The zero-order valence-corrected chi connectivity index (χ0v) is 40.5. The van der Waals surface area contributed by atoms with Gasteiger partial charge in [0.1, 0.15) is 30.0 Å². The van der Waals surface area contributed by atoms with Crippen molar-refractivity contribution in [3.8, 4) is 22.3 Å². The van der Waals surface area contributed by atoms with Gasteiger partial charge in [-0.05, 0) is 112 Å². The maximum Gasteiger partial charge on any atom is 0.417 e. The van der Waals surface area contributed by atoms with Crippen molar-refractivity contribution >= 4 is 63.7 Å². The van der Waals surface area contributed by atoms with E-state index in [1.807, 2.05) is 38.1 Å². The molecule has 3 N–H and O–H groups in total. The minimum Gasteiger partial charge on any atom is -0.494 e. The average Bonchev–Trinajstić information content (AvgIpc) is 3.99. The molecular weight excluding hydrogens is 936 g/mol. The van der Waals surface area contributed by atoms with Crippen LogP contribution in [0.2, 0.25) is 0 Å². The fourth-order valence-corrected chi connectivity index (χ4v) is 9.46. The lowest BCUT2D eigenvalue weighted by atomic mass is 10.0. The van der Waals surface area contributed by atoms with E-state index in [0.717, 1.165) is 38.7 Å². The molecule has 0 aliphatic carbocycles. The highest BCUT2D eigenvalue weighted by Crippen LogP contribution is 2.40. The second kappa shape index (κ2) is 23.6. The number of carbonyl (C=O) groups is 4. The summed E-state index contributed by atoms with van der Waals surface area (Å²) in [6, 6.07) is 17.5. The van der Waals surface area contributed by atoms with E-state index in [-0.39, 0.29) is 49.4 Å². The molecule has 3 heterocycles. The first-order valence-electron chi connectivity index (χ1n) is 22.7. The third-order valence-electron chi connectivity index (χ3n) is 11.7. The second-order valence-corrected chi connectivity index (χ2v) is 18.4. The van der Waals surface area contributed by atoms with Gasteiger partial charge in [0.25, 0.3) is 5.91 Å². The van der Waals surface area contributed by atoms with Gasteiger partial charge in [-0.2, -0.15) is 18.4 Å². The number of thiocarbonyl (C=S) groups is 1. The number of alkyl halides is 3. The second-order valence-electron chi connectivity index (χ2n) is 17.2. The molecule has 0 radical (unpaired) electrons. The SMILES string of the molecule is CCC[C@H](NC(=O)COCCCOCCCCOc1ccc(N2C(=S)N(c3ccc(C#N)c(C(F)(F)F)c3)C(=O)C2(C)C)cc1)C(=O)N1C[C@H](O)C[C@H]1C(=O)NCc1ccc(-c2scnc2C)cc1. The number of thiazole rings is 1. The van der Waals surface area contributed by atoms with Gasteiger partial charge in [-0.1, -0.05) is 37.6 Å². The highest BCUT2D eigenvalue weighted by Gasteiger charge is 2.51. The number of ether oxygens (including phenoxy) is 3. The fraction of sp³-hybridized carbons (Fsp3) is 0.449. The molecule has 2 aliphatic heterocycles. The van der Waals surface area contributed by atoms with Crippen molar-refractivity contribution in [1.82, 2.24) is 20.5 Å². The number of halogens is 3. The van der Waals surface area contributed by atoms with Crippen LogP contribution >= 0.6 is 23.6 Å². The molecule has 2 aliphatic rings. The van der Waals surface area contributed by atoms with Crippen LogP contribution in [-0.2, 0) is 41.4 Å². The molecular formula is C49H56F3N7O8S2. The van der Waals surface area contributed by atoms with Crippen molar-refractivity contribution in [3.05, 3.63) is 94.6 Å². The van der Waals surface area contributed by atoms with Gasteiger partial charge in [0, 0.05) is 45.0 Å². The molecule has 4 aromatic rings. The van der Waals surface area contributed by atoms with Crippen LogP contribution in [0.3, 0.4) is 0 Å². The highest BCUT2D eigenvalue weighted by molar-refractivity contribution is 7.81. The summed E-state index contributed by atoms with van der Waals surface area (Å²) in [5.41, 5.74) is 2.19. The van der Waals surface area contributed by atoms with Crippen LogP contribution in [0.1, 0.15) is 81.7 Å². The summed E-state index contributed by atoms with van der Waals surface area (Å²) >= 11 is 7.18. The molecule has 2 saturated heterocycles. The number of likely N-dealkylation sites (tertiary alicyclic amines) is 1. The van der Waals surface area contributed by atoms with E-state index in [2.05, 4.69) is 15.6 Å². The van der Waals surface area contributed by atoms with Crippen molar-refractivity contribution in [3.63, 3.8) is 0 Å². The van der Waals surface area contributed by atoms with Gasteiger partial charge in [-0.3, -0.25) is 24.1 Å². The number of unbranched alkanes of at least 4 members (excludes halogenated alkanes) is 1. The number of benzene rings is 3. The number of nitrogens with one attached hydrogen (secondary N) is 2. The van der Waals surface area contributed by atoms with Crippen molar-refractivity contribution in [2.45, 2.75) is 103 Å². The van der Waals surface area contributed by atoms with E-state index in [1.165, 1.54) is 11.0 Å². The monoisotopic (exact) mass is 991 g/mol. The summed E-state index contributed by atoms with van der Waals surface area (Å²) in [7, 11) is 0. The fourth-order valence-electron chi connectivity index (χ4n) is 8.13. The molecule has 2 fully saturated rings. The summed E-state index contributed by atoms with van der Waals surface area (Å²) in [5, 5.41) is 25.3. The number of amides is 4. The molecule has 3 aromatic carbocycles. The molecule has 15 nitrogen and oxygen atoms in total. The van der Waals surface area contributed by atoms with Crippen molar-refractivity contribution in [1.29, 1.82) is 5.26 Å². The summed E-state index contributed by atoms with van der Waals surface area (Å²) in [4.78, 5) is 62.7. The van der Waals surface area contributed by atoms with Gasteiger partial charge in [-0.25, -0.2) is 4.98 Å². The Kier molecular flexibility index (Phi) is 17.9. The van der Waals surface area contributed by atoms with E-state index in [0.29, 0.717) is 63.4 Å². The molecule has 0 bridgehead atoms. The number of β-amino-alcohol motifs (C(OH)–C–C–N with tert-alkyl or cyclic N) is 1. The van der Waals surface area contributed by atoms with Crippen LogP contribution in [0, 0.1) is 18.3 Å². The number of anilines is 2. The highest BCUT2D eigenvalue weighted by atomic mass is 32.1. The Bertz CT molecular complexity index is 2500. The van der Waals surface area contributed by atoms with Crippen LogP contribution < -0.4 is 25.2 Å². The lowest BCUT2D eigenvalue weighted by molar-refractivity contribution is -0.142. The number of carbonyl (C=O) groups excluding carboxylic acids is 4. The van der Waals surface area contributed by atoms with E-state index in [4.69, 9.17) is 26.4 Å². The first-order valence-corrected chi connectivity index (χ1v) is 24.0. The summed E-state index contributed by atoms with van der Waals surface area (Å²) in [5.74, 6) is -1.23. The van der Waals surface area contributed by atoms with Crippen molar-refractivity contribution < 1.29 is 51.7 Å². The summed E-state index contributed by atoms with van der Waals surface area (Å²) in [6.45, 7) is 8.61. The number of rotatable bonds is 22. The van der Waals surface area contributed by atoms with Crippen LogP contribution in [0.25, 0.3) is 10.4 Å². The van der Waals surface area contributed by atoms with Gasteiger partial charge in [0.05, 0.1) is 51.7 Å². The van der Waals surface area contributed by atoms with Crippen molar-refractivity contribution in [2.24, 2.45) is 0 Å². The largest absolute Gasteiger partial charge is 0.494 e. The molecule has 20 heteroatoms. The Morgan fingerprint density at radius 1 is 1.00 bits per heavy atom. The van der Waals surface area contributed by atoms with Crippen LogP contribution in [0.5, 0.6) is 5.75 Å². The number of aryl methyl sites for hydroxylation is 1. The maximum atomic E-state index is 13.7. The van der Waals surface area contributed by atoms with E-state index >= 15 is 0 Å². The summed E-state index contributed by atoms with van der Waals surface area (Å²) < 4.78 is 58.2. The molecule has 1 aromatic heterocycles. The Morgan fingerprint density at radius 3 is 2.35 bits per heavy atom. The van der Waals surface area contributed by atoms with Gasteiger partial charge in [0.2, 0.25) is 17.7 Å². The smallest absolute Gasteiger partial charge is 0.417 e. The first-order chi connectivity index (χ1) is 32.9. The van der Waals surface area contributed by atoms with E-state index in [9.17, 15) is 42.7 Å². The number of aliphatic hydroxyl groups excluding tert-OH is 1. The molecule has 0 saturated carbocycles. The van der Waals surface area contributed by atoms with Gasteiger partial charge in [-0.15, -0.1) is 11.3 Å². The van der Waals surface area contributed by atoms with Gasteiger partial charge >= 0.3 is 6.18 Å². The van der Waals surface area contributed by atoms with E-state index in [1.54, 1.807) is 65.9 Å². The maximum absolute atomic E-state index is 13.7. The normalized spacial score (nSPS) is 17.2. The molecule has 69 heavy (non-hydrogen) atoms. The lowest BCUT2D eigenvalue weighted by Gasteiger charge is -2.29. The molecule has 0 unspecified atom stereocenters. The first kappa shape index (κ1) is 52.4. The zero-order valence-electron chi connectivity index (χ0n) is 38.8. The molecule has 6 rings (SSSR count). The molecule has 0 spiro atoms. The number of nitrogens with zero attached hydrogens (tertiary/aromatic N) is 5. The Balaban J connectivity index is 0.852. The summed E-state index contributed by atoms with van der Waals surface area (Å²) in [6.07, 6.45) is -2.68. The predicted molar refractivity (Wildman–Crippen MR) is 257 cm³/mol. The lowest BCUT2D eigenvalue weighted by Crippen LogP contribution is -2.54. The van der Waals surface area contributed by atoms with E-state index < -0.39 is 58.8 Å². The van der Waals surface area contributed by atoms with Gasteiger partial charge in [0.15, 0.2) is 5.11 Å². The number of hydrogen-bond donors (Lipinski definition) is 3. The third kappa shape index (κ3) is 13.0. The topological polar surface area (TPSA) is 187 Å². The Labute approximate surface area is 408 Å². The molecule has 3 atom stereocenters. The Hall–Kier alpha value is -5.98. The number of aliphatic hydroxyl groups is 1. The standard InChI is InChI=1S/C49H56F3N7O8S2/c1-5-9-40(45(63)57-28-37(60)25-41(57)44(62)54-27-32-10-12-33(13-11-32)43-31(2)55-30-69-43)56-42(61)29-66-22-8-21-65-20-6-7-23-67-38-18-16-35(17-19-38)59-47(68)58(46(64)48(59,3)4)36-15-14-34(26-53)39(24-36)49(50,51)52/h10-19,24,30,37,40-41,60H,5-9,20-23,25,27-29H2,1-4H3,(H,54,62)(H,56,61)/t37-,40+,41+/m1/s1. The third-order valence-corrected chi connectivity index (χ3v) is 13.1. The Morgan fingerprint density at radius 2 is 1.68 bits per heavy atom. The molecule has 4 amide bonds. The predicted octanol–water partition coefficient (Wildman–Crippen LogP) is 7.07. The van der Waals surface area contributed by atoms with Gasteiger partial charge < -0.3 is 39.8 Å².